The first kappa shape index (κ1) is 12.2. The molecule has 0 amide bonds. The van der Waals surface area contributed by atoms with Gasteiger partial charge in [-0.2, -0.15) is 0 Å². The van der Waals surface area contributed by atoms with Crippen LogP contribution in [-0.4, -0.2) is 34.1 Å². The largest absolute Gasteiger partial charge is 0.480 e. The SMILES string of the molecule is CC(C(=O)O)N(C)c1ccnc2cc(F)cnc12. The summed E-state index contributed by atoms with van der Waals surface area (Å²) in [5, 5.41) is 8.99. The van der Waals surface area contributed by atoms with Crippen molar-refractivity contribution in [3.63, 3.8) is 0 Å². The Hall–Kier alpha value is -2.24. The summed E-state index contributed by atoms with van der Waals surface area (Å²) in [5.41, 5.74) is 1.49. The number of rotatable bonds is 3. The summed E-state index contributed by atoms with van der Waals surface area (Å²) in [6.07, 6.45) is 2.59. The van der Waals surface area contributed by atoms with Crippen LogP contribution in [0.2, 0.25) is 0 Å². The minimum Gasteiger partial charge on any atom is -0.480 e. The molecule has 6 heteroatoms. The predicted molar refractivity (Wildman–Crippen MR) is 65.0 cm³/mol. The van der Waals surface area contributed by atoms with Crippen LogP contribution in [0.3, 0.4) is 0 Å². The molecular weight excluding hydrogens is 237 g/mol. The molecule has 0 aromatic carbocycles. The van der Waals surface area contributed by atoms with Crippen molar-refractivity contribution in [1.82, 2.24) is 9.97 Å². The van der Waals surface area contributed by atoms with Gasteiger partial charge in [0.15, 0.2) is 0 Å². The zero-order chi connectivity index (χ0) is 13.3. The van der Waals surface area contributed by atoms with Gasteiger partial charge in [0, 0.05) is 19.3 Å². The third-order valence-electron chi connectivity index (χ3n) is 2.84. The summed E-state index contributed by atoms with van der Waals surface area (Å²) >= 11 is 0. The average Bonchev–Trinajstić information content (AvgIpc) is 2.35. The van der Waals surface area contributed by atoms with Crippen LogP contribution in [-0.2, 0) is 4.79 Å². The number of halogens is 1. The number of pyridine rings is 2. The van der Waals surface area contributed by atoms with Crippen molar-refractivity contribution in [3.05, 3.63) is 30.3 Å². The Morgan fingerprint density at radius 3 is 2.89 bits per heavy atom. The first-order valence-electron chi connectivity index (χ1n) is 5.36. The summed E-state index contributed by atoms with van der Waals surface area (Å²) in [6.45, 7) is 1.57. The molecule has 1 N–H and O–H groups in total. The molecule has 0 aliphatic carbocycles. The highest BCUT2D eigenvalue weighted by Gasteiger charge is 2.19. The number of anilines is 1. The van der Waals surface area contributed by atoms with E-state index < -0.39 is 17.8 Å². The Morgan fingerprint density at radius 1 is 1.50 bits per heavy atom. The molecule has 0 radical (unpaired) electrons. The van der Waals surface area contributed by atoms with E-state index in [1.54, 1.807) is 24.9 Å². The van der Waals surface area contributed by atoms with Gasteiger partial charge in [-0.1, -0.05) is 0 Å². The fraction of sp³-hybridized carbons (Fsp3) is 0.250. The van der Waals surface area contributed by atoms with E-state index in [-0.39, 0.29) is 0 Å². The minimum atomic E-state index is -0.940. The second-order valence-corrected chi connectivity index (χ2v) is 3.98. The van der Waals surface area contributed by atoms with Gasteiger partial charge < -0.3 is 10.0 Å². The monoisotopic (exact) mass is 249 g/mol. The van der Waals surface area contributed by atoms with Gasteiger partial charge in [-0.15, -0.1) is 0 Å². The van der Waals surface area contributed by atoms with Crippen LogP contribution in [0, 0.1) is 5.82 Å². The third kappa shape index (κ3) is 2.09. The highest BCUT2D eigenvalue weighted by molar-refractivity contribution is 5.90. The maximum atomic E-state index is 13.0. The van der Waals surface area contributed by atoms with Gasteiger partial charge >= 0.3 is 5.97 Å². The smallest absolute Gasteiger partial charge is 0.326 e. The highest BCUT2D eigenvalue weighted by atomic mass is 19.1. The van der Waals surface area contributed by atoms with Gasteiger partial charge in [-0.3, -0.25) is 4.98 Å². The maximum absolute atomic E-state index is 13.0. The molecule has 0 saturated carbocycles. The molecule has 0 saturated heterocycles. The highest BCUT2D eigenvalue weighted by Crippen LogP contribution is 2.24. The predicted octanol–water partition coefficient (Wildman–Crippen LogP) is 1.68. The van der Waals surface area contributed by atoms with Gasteiger partial charge in [0.05, 0.1) is 17.4 Å². The Morgan fingerprint density at radius 2 is 2.22 bits per heavy atom. The van der Waals surface area contributed by atoms with Gasteiger partial charge in [0.25, 0.3) is 0 Å². The van der Waals surface area contributed by atoms with Crippen LogP contribution in [0.4, 0.5) is 10.1 Å². The Labute approximate surface area is 103 Å². The molecule has 1 unspecified atom stereocenters. The molecule has 1 atom stereocenters. The molecule has 0 aliphatic heterocycles. The lowest BCUT2D eigenvalue weighted by Gasteiger charge is -2.24. The fourth-order valence-corrected chi connectivity index (χ4v) is 1.65. The third-order valence-corrected chi connectivity index (χ3v) is 2.84. The number of carboxylic acids is 1. The topological polar surface area (TPSA) is 66.3 Å². The van der Waals surface area contributed by atoms with Crippen molar-refractivity contribution < 1.29 is 14.3 Å². The van der Waals surface area contributed by atoms with Crippen molar-refractivity contribution >= 4 is 22.7 Å². The van der Waals surface area contributed by atoms with Crippen LogP contribution in [0.1, 0.15) is 6.92 Å². The van der Waals surface area contributed by atoms with Crippen molar-refractivity contribution in [2.24, 2.45) is 0 Å². The van der Waals surface area contributed by atoms with E-state index in [1.165, 1.54) is 12.3 Å². The average molecular weight is 249 g/mol. The van der Waals surface area contributed by atoms with Gasteiger partial charge in [0.1, 0.15) is 17.4 Å². The normalized spacial score (nSPS) is 12.4. The van der Waals surface area contributed by atoms with Crippen molar-refractivity contribution in [3.8, 4) is 0 Å². The Bertz CT molecular complexity index is 603. The Balaban J connectivity index is 2.54. The van der Waals surface area contributed by atoms with Gasteiger partial charge in [-0.05, 0) is 13.0 Å². The lowest BCUT2D eigenvalue weighted by Crippen LogP contribution is -2.36. The number of hydrogen-bond acceptors (Lipinski definition) is 4. The standard InChI is InChI=1S/C12H12FN3O2/c1-7(12(17)18)16(2)10-3-4-14-9-5-8(13)6-15-11(9)10/h3-7H,1-2H3,(H,17,18). The molecule has 0 fully saturated rings. The maximum Gasteiger partial charge on any atom is 0.326 e. The van der Waals surface area contributed by atoms with Crippen LogP contribution < -0.4 is 4.90 Å². The van der Waals surface area contributed by atoms with E-state index in [4.69, 9.17) is 5.11 Å². The van der Waals surface area contributed by atoms with Gasteiger partial charge in [0.2, 0.25) is 0 Å². The summed E-state index contributed by atoms with van der Waals surface area (Å²) in [4.78, 5) is 20.5. The number of aliphatic carboxylic acids is 1. The van der Waals surface area contributed by atoms with Crippen molar-refractivity contribution in [2.45, 2.75) is 13.0 Å². The molecule has 0 spiro atoms. The molecule has 2 heterocycles. The summed E-state index contributed by atoms with van der Waals surface area (Å²) in [6, 6.07) is 2.22. The zero-order valence-electron chi connectivity index (χ0n) is 9.96. The number of aromatic nitrogens is 2. The van der Waals surface area contributed by atoms with Crippen molar-refractivity contribution in [2.75, 3.05) is 11.9 Å². The molecule has 94 valence electrons. The first-order chi connectivity index (χ1) is 8.50. The molecule has 2 rings (SSSR count). The van der Waals surface area contributed by atoms with E-state index in [0.29, 0.717) is 16.7 Å². The molecule has 0 aliphatic rings. The lowest BCUT2D eigenvalue weighted by atomic mass is 10.2. The van der Waals surface area contributed by atoms with Crippen LogP contribution >= 0.6 is 0 Å². The van der Waals surface area contributed by atoms with E-state index >= 15 is 0 Å². The number of carboxylic acid groups (broad SMARTS) is 1. The quantitative estimate of drug-likeness (QED) is 0.896. The molecule has 18 heavy (non-hydrogen) atoms. The summed E-state index contributed by atoms with van der Waals surface area (Å²) in [7, 11) is 1.65. The first-order valence-corrected chi connectivity index (χ1v) is 5.36. The molecule has 2 aromatic heterocycles. The van der Waals surface area contributed by atoms with Crippen LogP contribution in [0.25, 0.3) is 11.0 Å². The fourth-order valence-electron chi connectivity index (χ4n) is 1.65. The van der Waals surface area contributed by atoms with Crippen LogP contribution in [0.15, 0.2) is 24.5 Å². The van der Waals surface area contributed by atoms with Crippen molar-refractivity contribution in [1.29, 1.82) is 0 Å². The second kappa shape index (κ2) is 4.56. The molecule has 0 bridgehead atoms. The minimum absolute atomic E-state index is 0.400. The number of carbonyl (C=O) groups is 1. The van der Waals surface area contributed by atoms with E-state index in [9.17, 15) is 9.18 Å². The lowest BCUT2D eigenvalue weighted by molar-refractivity contribution is -0.138. The number of hydrogen-bond donors (Lipinski definition) is 1. The Kier molecular flexibility index (Phi) is 3.10. The van der Waals surface area contributed by atoms with E-state index in [2.05, 4.69) is 9.97 Å². The molecular formula is C12H12FN3O2. The summed E-state index contributed by atoms with van der Waals surface area (Å²) < 4.78 is 13.0. The second-order valence-electron chi connectivity index (χ2n) is 3.98. The van der Waals surface area contributed by atoms with Gasteiger partial charge in [-0.25, -0.2) is 14.2 Å². The van der Waals surface area contributed by atoms with Crippen LogP contribution in [0.5, 0.6) is 0 Å². The zero-order valence-corrected chi connectivity index (χ0v) is 9.96. The molecule has 5 nitrogen and oxygen atoms in total. The number of fused-ring (bicyclic) bond motifs is 1. The van der Waals surface area contributed by atoms with E-state index in [0.717, 1.165) is 6.20 Å². The van der Waals surface area contributed by atoms with E-state index in [1.807, 2.05) is 0 Å². The number of likely N-dealkylation sites (N-methyl/N-ethyl adjacent to an activating group) is 1. The number of nitrogens with zero attached hydrogens (tertiary/aromatic N) is 3. The molecule has 2 aromatic rings. The summed E-state index contributed by atoms with van der Waals surface area (Å²) in [5.74, 6) is -1.41.